The summed E-state index contributed by atoms with van der Waals surface area (Å²) >= 11 is 0. The predicted octanol–water partition coefficient (Wildman–Crippen LogP) is -1.22. The number of carbonyl (C=O) groups excluding carboxylic acids is 1. The van der Waals surface area contributed by atoms with E-state index in [1.807, 2.05) is 0 Å². The first-order valence-electron chi connectivity index (χ1n) is 2.44. The first-order valence-corrected chi connectivity index (χ1v) is 2.44. The van der Waals surface area contributed by atoms with Crippen molar-refractivity contribution in [3.05, 3.63) is 11.6 Å². The lowest BCUT2D eigenvalue weighted by atomic mass is 10.3. The summed E-state index contributed by atoms with van der Waals surface area (Å²) in [4.78, 5) is 10.3. The van der Waals surface area contributed by atoms with Gasteiger partial charge in [-0.05, 0) is 0 Å². The van der Waals surface area contributed by atoms with Crippen LogP contribution in [0.4, 0.5) is 0 Å². The zero-order valence-corrected chi connectivity index (χ0v) is 4.57. The molecule has 1 aliphatic heterocycles. The van der Waals surface area contributed by atoms with Crippen LogP contribution < -0.4 is 0 Å². The Bertz CT molecular complexity index is 160. The van der Waals surface area contributed by atoms with Crippen molar-refractivity contribution < 1.29 is 19.7 Å². The standard InChI is InChI=1S/C5H6O4/c6-2-3-1-4(7)9-5(3)8/h1,5-6,8H,2H2/t5-/m1/s1. The molecule has 0 fully saturated rings. The highest BCUT2D eigenvalue weighted by Crippen LogP contribution is 2.10. The summed E-state index contributed by atoms with van der Waals surface area (Å²) in [7, 11) is 0. The predicted molar refractivity (Wildman–Crippen MR) is 27.3 cm³/mol. The number of rotatable bonds is 1. The molecule has 0 radical (unpaired) electrons. The molecule has 0 aromatic rings. The molecule has 50 valence electrons. The van der Waals surface area contributed by atoms with Crippen molar-refractivity contribution in [1.82, 2.24) is 0 Å². The second-order valence-electron chi connectivity index (χ2n) is 1.67. The van der Waals surface area contributed by atoms with Gasteiger partial charge in [0.15, 0.2) is 0 Å². The molecule has 0 saturated heterocycles. The smallest absolute Gasteiger partial charge is 0.333 e. The average Bonchev–Trinajstić information content (AvgIpc) is 2.10. The maximum Gasteiger partial charge on any atom is 0.333 e. The van der Waals surface area contributed by atoms with Crippen LogP contribution in [0.2, 0.25) is 0 Å². The molecule has 0 unspecified atom stereocenters. The number of cyclic esters (lactones) is 1. The molecule has 1 aliphatic rings. The van der Waals surface area contributed by atoms with Gasteiger partial charge in [-0.2, -0.15) is 0 Å². The van der Waals surface area contributed by atoms with Crippen LogP contribution in [0, 0.1) is 0 Å². The molecule has 0 amide bonds. The first-order chi connectivity index (χ1) is 4.24. The molecule has 1 rings (SSSR count). The van der Waals surface area contributed by atoms with Crippen LogP contribution in [-0.2, 0) is 9.53 Å². The van der Waals surface area contributed by atoms with Crippen LogP contribution in [0.5, 0.6) is 0 Å². The minimum atomic E-state index is -1.23. The lowest BCUT2D eigenvalue weighted by molar-refractivity contribution is -0.151. The Morgan fingerprint density at radius 2 is 2.44 bits per heavy atom. The summed E-state index contributed by atoms with van der Waals surface area (Å²) in [6.07, 6.45) is -0.160. The van der Waals surface area contributed by atoms with Gasteiger partial charge >= 0.3 is 5.97 Å². The van der Waals surface area contributed by atoms with Crippen LogP contribution in [0.3, 0.4) is 0 Å². The third-order valence-corrected chi connectivity index (χ3v) is 1.03. The summed E-state index contributed by atoms with van der Waals surface area (Å²) in [5.41, 5.74) is 0.208. The Morgan fingerprint density at radius 3 is 2.67 bits per heavy atom. The molecule has 0 aromatic heterocycles. The molecular weight excluding hydrogens is 124 g/mol. The molecule has 1 heterocycles. The number of carbonyl (C=O) groups is 1. The van der Waals surface area contributed by atoms with E-state index in [9.17, 15) is 4.79 Å². The fourth-order valence-electron chi connectivity index (χ4n) is 0.566. The molecule has 0 aromatic carbocycles. The lowest BCUT2D eigenvalue weighted by Gasteiger charge is -2.02. The highest BCUT2D eigenvalue weighted by Gasteiger charge is 2.22. The minimum absolute atomic E-state index is 0.208. The van der Waals surface area contributed by atoms with E-state index in [-0.39, 0.29) is 12.2 Å². The number of esters is 1. The molecule has 1 atom stereocenters. The summed E-state index contributed by atoms with van der Waals surface area (Å²) in [6.45, 7) is -0.340. The summed E-state index contributed by atoms with van der Waals surface area (Å²) in [5.74, 6) is -0.605. The van der Waals surface area contributed by atoms with Gasteiger partial charge in [0.25, 0.3) is 0 Å². The number of ether oxygens (including phenoxy) is 1. The van der Waals surface area contributed by atoms with E-state index >= 15 is 0 Å². The molecular formula is C5H6O4. The quantitative estimate of drug-likeness (QED) is 0.436. The van der Waals surface area contributed by atoms with E-state index in [0.29, 0.717) is 0 Å². The summed E-state index contributed by atoms with van der Waals surface area (Å²) < 4.78 is 4.23. The SMILES string of the molecule is O=C1C=C(CO)[C@H](O)O1. The Hall–Kier alpha value is -0.870. The molecule has 0 bridgehead atoms. The van der Waals surface area contributed by atoms with Crippen molar-refractivity contribution in [1.29, 1.82) is 0 Å². The average molecular weight is 130 g/mol. The Kier molecular flexibility index (Phi) is 1.50. The van der Waals surface area contributed by atoms with Gasteiger partial charge in [0, 0.05) is 11.6 Å². The first kappa shape index (κ1) is 6.25. The fraction of sp³-hybridized carbons (Fsp3) is 0.400. The second kappa shape index (κ2) is 2.16. The van der Waals surface area contributed by atoms with E-state index in [1.165, 1.54) is 0 Å². The molecule has 0 spiro atoms. The minimum Gasteiger partial charge on any atom is -0.429 e. The molecule has 0 aliphatic carbocycles. The Balaban J connectivity index is 2.68. The van der Waals surface area contributed by atoms with Crippen LogP contribution in [0.15, 0.2) is 11.6 Å². The highest BCUT2D eigenvalue weighted by molar-refractivity contribution is 5.85. The van der Waals surface area contributed by atoms with E-state index in [0.717, 1.165) is 6.08 Å². The van der Waals surface area contributed by atoms with E-state index in [1.54, 1.807) is 0 Å². The van der Waals surface area contributed by atoms with Gasteiger partial charge < -0.3 is 14.9 Å². The summed E-state index contributed by atoms with van der Waals surface area (Å²) in [6, 6.07) is 0. The van der Waals surface area contributed by atoms with E-state index in [4.69, 9.17) is 10.2 Å². The monoisotopic (exact) mass is 130 g/mol. The largest absolute Gasteiger partial charge is 0.429 e. The molecule has 4 nitrogen and oxygen atoms in total. The van der Waals surface area contributed by atoms with E-state index in [2.05, 4.69) is 4.74 Å². The van der Waals surface area contributed by atoms with Crippen molar-refractivity contribution in [2.75, 3.05) is 6.61 Å². The topological polar surface area (TPSA) is 66.8 Å². The maximum atomic E-state index is 10.3. The molecule has 4 heteroatoms. The zero-order chi connectivity index (χ0) is 6.85. The number of aliphatic hydroxyl groups excluding tert-OH is 2. The van der Waals surface area contributed by atoms with Crippen LogP contribution >= 0.6 is 0 Å². The Morgan fingerprint density at radius 1 is 1.78 bits per heavy atom. The van der Waals surface area contributed by atoms with Crippen molar-refractivity contribution in [3.8, 4) is 0 Å². The van der Waals surface area contributed by atoms with Gasteiger partial charge in [-0.15, -0.1) is 0 Å². The number of aliphatic hydroxyl groups is 2. The van der Waals surface area contributed by atoms with E-state index < -0.39 is 12.3 Å². The van der Waals surface area contributed by atoms with Gasteiger partial charge in [0.2, 0.25) is 6.29 Å². The normalized spacial score (nSPS) is 25.8. The van der Waals surface area contributed by atoms with Gasteiger partial charge in [-0.1, -0.05) is 0 Å². The van der Waals surface area contributed by atoms with Crippen LogP contribution in [0.25, 0.3) is 0 Å². The van der Waals surface area contributed by atoms with Crippen molar-refractivity contribution in [3.63, 3.8) is 0 Å². The maximum absolute atomic E-state index is 10.3. The molecule has 2 N–H and O–H groups in total. The van der Waals surface area contributed by atoms with Crippen molar-refractivity contribution in [2.45, 2.75) is 6.29 Å². The third-order valence-electron chi connectivity index (χ3n) is 1.03. The zero-order valence-electron chi connectivity index (χ0n) is 4.57. The fourth-order valence-corrected chi connectivity index (χ4v) is 0.566. The second-order valence-corrected chi connectivity index (χ2v) is 1.67. The van der Waals surface area contributed by atoms with Gasteiger partial charge in [0.05, 0.1) is 6.61 Å². The number of hydrogen-bond acceptors (Lipinski definition) is 4. The van der Waals surface area contributed by atoms with Crippen molar-refractivity contribution in [2.24, 2.45) is 0 Å². The highest BCUT2D eigenvalue weighted by atomic mass is 16.6. The van der Waals surface area contributed by atoms with Gasteiger partial charge in [0.1, 0.15) is 0 Å². The summed E-state index contributed by atoms with van der Waals surface area (Å²) in [5, 5.41) is 17.1. The van der Waals surface area contributed by atoms with Gasteiger partial charge in [-0.3, -0.25) is 0 Å². The molecule has 0 saturated carbocycles. The van der Waals surface area contributed by atoms with Crippen molar-refractivity contribution >= 4 is 5.97 Å². The third kappa shape index (κ3) is 1.09. The lowest BCUT2D eigenvalue weighted by Crippen LogP contribution is -2.11. The Labute approximate surface area is 51.4 Å². The van der Waals surface area contributed by atoms with Crippen LogP contribution in [0.1, 0.15) is 0 Å². The molecule has 9 heavy (non-hydrogen) atoms. The number of hydrogen-bond donors (Lipinski definition) is 2. The van der Waals surface area contributed by atoms with Crippen LogP contribution in [-0.4, -0.2) is 29.1 Å². The van der Waals surface area contributed by atoms with Gasteiger partial charge in [-0.25, -0.2) is 4.79 Å².